The third-order valence-electron chi connectivity index (χ3n) is 4.41. The Hall–Kier alpha value is -2.99. The normalized spacial score (nSPS) is 11.0. The molecule has 0 saturated heterocycles. The van der Waals surface area contributed by atoms with Gasteiger partial charge in [-0.3, -0.25) is 4.79 Å². The lowest BCUT2D eigenvalue weighted by Gasteiger charge is -2.11. The fourth-order valence-corrected chi connectivity index (χ4v) is 3.96. The molecular weight excluding hydrogens is 356 g/mol. The van der Waals surface area contributed by atoms with Crippen LogP contribution in [0.5, 0.6) is 0 Å². The Bertz CT molecular complexity index is 1010. The first kappa shape index (κ1) is 17.4. The molecule has 1 N–H and O–H groups in total. The Morgan fingerprint density at radius 3 is 2.70 bits per heavy atom. The van der Waals surface area contributed by atoms with E-state index in [0.29, 0.717) is 19.4 Å². The quantitative estimate of drug-likeness (QED) is 0.534. The van der Waals surface area contributed by atoms with Crippen molar-refractivity contribution in [1.29, 1.82) is 0 Å². The Morgan fingerprint density at radius 1 is 1.07 bits per heavy atom. The molecule has 5 nitrogen and oxygen atoms in total. The van der Waals surface area contributed by atoms with Crippen LogP contribution in [0.3, 0.4) is 0 Å². The molecule has 0 fully saturated rings. The first-order chi connectivity index (χ1) is 13.3. The second kappa shape index (κ2) is 8.14. The summed E-state index contributed by atoms with van der Waals surface area (Å²) >= 11 is 1.66. The van der Waals surface area contributed by atoms with Crippen molar-refractivity contribution >= 4 is 27.5 Å². The summed E-state index contributed by atoms with van der Waals surface area (Å²) < 4.78 is 3.19. The highest BCUT2D eigenvalue weighted by atomic mass is 32.1. The lowest BCUT2D eigenvalue weighted by molar-refractivity contribution is -0.121. The van der Waals surface area contributed by atoms with E-state index in [1.165, 1.54) is 10.3 Å². The number of fused-ring (bicyclic) bond motifs is 1. The van der Waals surface area contributed by atoms with Crippen molar-refractivity contribution in [2.24, 2.45) is 0 Å². The molecular formula is C21H20N4OS. The van der Waals surface area contributed by atoms with Crippen molar-refractivity contribution in [3.63, 3.8) is 0 Å². The number of imidazole rings is 1. The second-order valence-electron chi connectivity index (χ2n) is 6.36. The van der Waals surface area contributed by atoms with Gasteiger partial charge in [-0.25, -0.2) is 9.97 Å². The SMILES string of the molecule is O=C(CCc1nc2ccccc2s1)NCc1ccccc1Cn1ccnc1. The molecule has 0 aliphatic rings. The van der Waals surface area contributed by atoms with Crippen molar-refractivity contribution in [2.45, 2.75) is 25.9 Å². The number of nitrogens with zero attached hydrogens (tertiary/aromatic N) is 3. The average molecular weight is 376 g/mol. The van der Waals surface area contributed by atoms with Gasteiger partial charge in [0.1, 0.15) is 0 Å². The summed E-state index contributed by atoms with van der Waals surface area (Å²) in [5.74, 6) is 0.0479. The van der Waals surface area contributed by atoms with Crippen LogP contribution in [0, 0.1) is 0 Å². The van der Waals surface area contributed by atoms with E-state index in [1.807, 2.05) is 41.1 Å². The third-order valence-corrected chi connectivity index (χ3v) is 5.51. The van der Waals surface area contributed by atoms with E-state index >= 15 is 0 Å². The Kier molecular flexibility index (Phi) is 5.25. The molecule has 4 aromatic rings. The Morgan fingerprint density at radius 2 is 1.89 bits per heavy atom. The minimum absolute atomic E-state index is 0.0479. The lowest BCUT2D eigenvalue weighted by atomic mass is 10.1. The van der Waals surface area contributed by atoms with Crippen LogP contribution in [0.4, 0.5) is 0 Å². The molecule has 1 amide bonds. The van der Waals surface area contributed by atoms with E-state index in [9.17, 15) is 4.79 Å². The first-order valence-corrected chi connectivity index (χ1v) is 9.73. The van der Waals surface area contributed by atoms with Gasteiger partial charge in [0, 0.05) is 38.3 Å². The number of carbonyl (C=O) groups excluding carboxylic acids is 1. The summed E-state index contributed by atoms with van der Waals surface area (Å²) in [5, 5.41) is 4.04. The molecule has 136 valence electrons. The molecule has 6 heteroatoms. The van der Waals surface area contributed by atoms with Crippen molar-refractivity contribution in [2.75, 3.05) is 0 Å². The summed E-state index contributed by atoms with van der Waals surface area (Å²) in [7, 11) is 0. The van der Waals surface area contributed by atoms with Gasteiger partial charge in [0.2, 0.25) is 5.91 Å². The van der Waals surface area contributed by atoms with Crippen LogP contribution in [0.25, 0.3) is 10.2 Å². The molecule has 0 atom stereocenters. The zero-order chi connectivity index (χ0) is 18.5. The molecule has 2 aromatic heterocycles. The number of hydrogen-bond donors (Lipinski definition) is 1. The highest BCUT2D eigenvalue weighted by Gasteiger charge is 2.08. The van der Waals surface area contributed by atoms with E-state index in [2.05, 4.69) is 33.5 Å². The van der Waals surface area contributed by atoms with Crippen LogP contribution in [-0.4, -0.2) is 20.4 Å². The number of carbonyl (C=O) groups is 1. The molecule has 0 saturated carbocycles. The average Bonchev–Trinajstić information content (AvgIpc) is 3.34. The molecule has 4 rings (SSSR count). The van der Waals surface area contributed by atoms with Crippen LogP contribution in [0.2, 0.25) is 0 Å². The molecule has 0 aliphatic carbocycles. The maximum atomic E-state index is 12.3. The van der Waals surface area contributed by atoms with Crippen LogP contribution >= 0.6 is 11.3 Å². The summed E-state index contributed by atoms with van der Waals surface area (Å²) in [6, 6.07) is 16.2. The zero-order valence-corrected chi connectivity index (χ0v) is 15.7. The summed E-state index contributed by atoms with van der Waals surface area (Å²) in [5.41, 5.74) is 3.31. The van der Waals surface area contributed by atoms with E-state index in [1.54, 1.807) is 23.9 Å². The second-order valence-corrected chi connectivity index (χ2v) is 7.47. The predicted molar refractivity (Wildman–Crippen MR) is 108 cm³/mol. The third kappa shape index (κ3) is 4.41. The summed E-state index contributed by atoms with van der Waals surface area (Å²) in [6.45, 7) is 1.28. The smallest absolute Gasteiger partial charge is 0.220 e. The monoisotopic (exact) mass is 376 g/mol. The number of rotatable bonds is 7. The highest BCUT2D eigenvalue weighted by Crippen LogP contribution is 2.22. The van der Waals surface area contributed by atoms with Gasteiger partial charge in [0.15, 0.2) is 0 Å². The van der Waals surface area contributed by atoms with Gasteiger partial charge >= 0.3 is 0 Å². The maximum absolute atomic E-state index is 12.3. The minimum Gasteiger partial charge on any atom is -0.352 e. The Labute approximate surface area is 161 Å². The molecule has 0 radical (unpaired) electrons. The Balaban J connectivity index is 1.32. The summed E-state index contributed by atoms with van der Waals surface area (Å²) in [4.78, 5) is 21.0. The topological polar surface area (TPSA) is 59.8 Å². The van der Waals surface area contributed by atoms with Crippen molar-refractivity contribution in [3.8, 4) is 0 Å². The maximum Gasteiger partial charge on any atom is 0.220 e. The number of hydrogen-bond acceptors (Lipinski definition) is 4. The lowest BCUT2D eigenvalue weighted by Crippen LogP contribution is -2.23. The van der Waals surface area contributed by atoms with E-state index in [-0.39, 0.29) is 5.91 Å². The summed E-state index contributed by atoms with van der Waals surface area (Å²) in [6.07, 6.45) is 6.62. The van der Waals surface area contributed by atoms with Gasteiger partial charge in [-0.15, -0.1) is 11.3 Å². The standard InChI is InChI=1S/C21H20N4OS/c26-20(9-10-21-24-18-7-3-4-8-19(18)27-21)23-13-16-5-1-2-6-17(16)14-25-12-11-22-15-25/h1-8,11-12,15H,9-10,13-14H2,(H,23,26). The van der Waals surface area contributed by atoms with E-state index in [0.717, 1.165) is 22.6 Å². The van der Waals surface area contributed by atoms with Gasteiger partial charge in [0.25, 0.3) is 0 Å². The van der Waals surface area contributed by atoms with Crippen molar-refractivity contribution in [3.05, 3.63) is 83.4 Å². The van der Waals surface area contributed by atoms with Gasteiger partial charge in [-0.1, -0.05) is 36.4 Å². The minimum atomic E-state index is 0.0479. The molecule has 0 spiro atoms. The van der Waals surface area contributed by atoms with Gasteiger partial charge in [-0.05, 0) is 23.3 Å². The van der Waals surface area contributed by atoms with Gasteiger partial charge in [0.05, 0.1) is 21.6 Å². The predicted octanol–water partition coefficient (Wildman–Crippen LogP) is 3.79. The van der Waals surface area contributed by atoms with Gasteiger partial charge in [-0.2, -0.15) is 0 Å². The number of para-hydroxylation sites is 1. The number of nitrogens with one attached hydrogen (secondary N) is 1. The molecule has 2 aromatic carbocycles. The highest BCUT2D eigenvalue weighted by molar-refractivity contribution is 7.18. The van der Waals surface area contributed by atoms with Crippen LogP contribution in [0.1, 0.15) is 22.6 Å². The first-order valence-electron chi connectivity index (χ1n) is 8.91. The van der Waals surface area contributed by atoms with Crippen LogP contribution in [0.15, 0.2) is 67.3 Å². The van der Waals surface area contributed by atoms with E-state index in [4.69, 9.17) is 0 Å². The molecule has 2 heterocycles. The fraction of sp³-hybridized carbons (Fsp3) is 0.190. The molecule has 0 unspecified atom stereocenters. The number of amides is 1. The van der Waals surface area contributed by atoms with Crippen molar-refractivity contribution < 1.29 is 4.79 Å². The zero-order valence-electron chi connectivity index (χ0n) is 14.8. The number of aryl methyl sites for hydroxylation is 1. The van der Waals surface area contributed by atoms with Crippen molar-refractivity contribution in [1.82, 2.24) is 19.9 Å². The van der Waals surface area contributed by atoms with Gasteiger partial charge < -0.3 is 9.88 Å². The number of aromatic nitrogens is 3. The van der Waals surface area contributed by atoms with E-state index < -0.39 is 0 Å². The fourth-order valence-electron chi connectivity index (χ4n) is 2.99. The molecule has 27 heavy (non-hydrogen) atoms. The van der Waals surface area contributed by atoms with Crippen LogP contribution in [-0.2, 0) is 24.3 Å². The molecule has 0 aliphatic heterocycles. The number of benzene rings is 2. The van der Waals surface area contributed by atoms with Crippen LogP contribution < -0.4 is 5.32 Å². The number of thiazole rings is 1. The molecule has 0 bridgehead atoms. The largest absolute Gasteiger partial charge is 0.352 e.